The molecule has 0 aliphatic carbocycles. The normalized spacial score (nSPS) is 18.5. The fourth-order valence-electron chi connectivity index (χ4n) is 3.59. The van der Waals surface area contributed by atoms with Crippen LogP contribution >= 0.6 is 0 Å². The SMILES string of the molecule is Cc1nnc(CN2CCC[C@@H](c3nnc(Cn4ccnc4C)n3C)C2)o1. The summed E-state index contributed by atoms with van der Waals surface area (Å²) in [6.07, 6.45) is 6.03. The van der Waals surface area contributed by atoms with Gasteiger partial charge in [0.1, 0.15) is 11.6 Å². The van der Waals surface area contributed by atoms with Crippen LogP contribution in [-0.4, -0.2) is 52.5 Å². The van der Waals surface area contributed by atoms with Gasteiger partial charge in [-0.05, 0) is 26.3 Å². The van der Waals surface area contributed by atoms with E-state index in [9.17, 15) is 0 Å². The van der Waals surface area contributed by atoms with Crippen LogP contribution in [0, 0.1) is 13.8 Å². The first kappa shape index (κ1) is 16.9. The highest BCUT2D eigenvalue weighted by Crippen LogP contribution is 2.26. The number of hydrogen-bond donors (Lipinski definition) is 0. The zero-order valence-electron chi connectivity index (χ0n) is 15.5. The molecular weight excluding hydrogens is 332 g/mol. The molecule has 0 unspecified atom stereocenters. The largest absolute Gasteiger partial charge is 0.424 e. The molecule has 1 atom stereocenters. The van der Waals surface area contributed by atoms with E-state index in [-0.39, 0.29) is 0 Å². The van der Waals surface area contributed by atoms with Crippen molar-refractivity contribution in [3.8, 4) is 0 Å². The van der Waals surface area contributed by atoms with Crippen molar-refractivity contribution in [1.29, 1.82) is 0 Å². The number of piperidine rings is 1. The van der Waals surface area contributed by atoms with Gasteiger partial charge in [-0.25, -0.2) is 4.98 Å². The molecule has 26 heavy (non-hydrogen) atoms. The number of imidazole rings is 1. The number of aryl methyl sites for hydroxylation is 2. The lowest BCUT2D eigenvalue weighted by molar-refractivity contribution is 0.178. The number of aromatic nitrogens is 7. The Bertz CT molecular complexity index is 879. The Morgan fingerprint density at radius 3 is 2.77 bits per heavy atom. The van der Waals surface area contributed by atoms with Gasteiger partial charge in [-0.15, -0.1) is 20.4 Å². The highest BCUT2D eigenvalue weighted by Gasteiger charge is 2.27. The Morgan fingerprint density at radius 1 is 1.15 bits per heavy atom. The second kappa shape index (κ2) is 6.99. The number of hydrogen-bond acceptors (Lipinski definition) is 7. The van der Waals surface area contributed by atoms with Crippen molar-refractivity contribution < 1.29 is 4.42 Å². The van der Waals surface area contributed by atoms with Gasteiger partial charge >= 0.3 is 0 Å². The molecule has 0 amide bonds. The molecule has 3 aromatic rings. The number of rotatable bonds is 5. The van der Waals surface area contributed by atoms with Crippen LogP contribution in [0.2, 0.25) is 0 Å². The highest BCUT2D eigenvalue weighted by atomic mass is 16.4. The molecule has 0 spiro atoms. The third-order valence-corrected chi connectivity index (χ3v) is 5.03. The van der Waals surface area contributed by atoms with Crippen molar-refractivity contribution in [2.45, 2.75) is 45.7 Å². The van der Waals surface area contributed by atoms with Crippen molar-refractivity contribution >= 4 is 0 Å². The molecule has 0 aromatic carbocycles. The van der Waals surface area contributed by atoms with E-state index in [1.807, 2.05) is 26.2 Å². The first-order valence-electron chi connectivity index (χ1n) is 8.97. The van der Waals surface area contributed by atoms with Crippen LogP contribution in [0.5, 0.6) is 0 Å². The standard InChI is InChI=1S/C17H24N8O/c1-12-18-6-8-25(12)10-15-20-22-17(23(15)3)14-5-4-7-24(9-14)11-16-21-19-13(2)26-16/h6,8,14H,4-5,7,9-11H2,1-3H3/t14-/m1/s1. The van der Waals surface area contributed by atoms with Gasteiger partial charge in [0.2, 0.25) is 11.8 Å². The van der Waals surface area contributed by atoms with Gasteiger partial charge in [0.25, 0.3) is 0 Å². The van der Waals surface area contributed by atoms with Gasteiger partial charge in [0.15, 0.2) is 5.82 Å². The maximum atomic E-state index is 5.52. The van der Waals surface area contributed by atoms with E-state index in [0.29, 0.717) is 30.8 Å². The second-order valence-electron chi connectivity index (χ2n) is 6.92. The van der Waals surface area contributed by atoms with Crippen molar-refractivity contribution in [3.05, 3.63) is 41.6 Å². The Kier molecular flexibility index (Phi) is 4.54. The molecule has 0 saturated carbocycles. The maximum absolute atomic E-state index is 5.52. The third-order valence-electron chi connectivity index (χ3n) is 5.03. The molecule has 1 fully saturated rings. The lowest BCUT2D eigenvalue weighted by Gasteiger charge is -2.31. The number of nitrogens with zero attached hydrogens (tertiary/aromatic N) is 8. The molecular formula is C17H24N8O. The lowest BCUT2D eigenvalue weighted by Crippen LogP contribution is -2.35. The minimum Gasteiger partial charge on any atom is -0.424 e. The Labute approximate surface area is 152 Å². The smallest absolute Gasteiger partial charge is 0.230 e. The topological polar surface area (TPSA) is 90.7 Å². The quantitative estimate of drug-likeness (QED) is 0.683. The van der Waals surface area contributed by atoms with Crippen LogP contribution < -0.4 is 0 Å². The molecule has 1 aliphatic rings. The summed E-state index contributed by atoms with van der Waals surface area (Å²) in [6, 6.07) is 0. The second-order valence-corrected chi connectivity index (χ2v) is 6.92. The van der Waals surface area contributed by atoms with E-state index in [2.05, 4.69) is 46.5 Å². The van der Waals surface area contributed by atoms with E-state index in [1.54, 1.807) is 0 Å². The summed E-state index contributed by atoms with van der Waals surface area (Å²) in [6.45, 7) is 7.16. The zero-order chi connectivity index (χ0) is 18.1. The first-order chi connectivity index (χ1) is 12.6. The summed E-state index contributed by atoms with van der Waals surface area (Å²) >= 11 is 0. The van der Waals surface area contributed by atoms with Crippen LogP contribution in [0.1, 0.15) is 48.0 Å². The summed E-state index contributed by atoms with van der Waals surface area (Å²) < 4.78 is 9.73. The van der Waals surface area contributed by atoms with Crippen molar-refractivity contribution in [3.63, 3.8) is 0 Å². The molecule has 0 bridgehead atoms. The van der Waals surface area contributed by atoms with Crippen molar-refractivity contribution in [1.82, 2.24) is 39.4 Å². The van der Waals surface area contributed by atoms with Gasteiger partial charge in [0.05, 0.1) is 13.1 Å². The van der Waals surface area contributed by atoms with Crippen LogP contribution in [0.15, 0.2) is 16.8 Å². The summed E-state index contributed by atoms with van der Waals surface area (Å²) in [5.41, 5.74) is 0. The zero-order valence-corrected chi connectivity index (χ0v) is 15.5. The van der Waals surface area contributed by atoms with Crippen LogP contribution in [-0.2, 0) is 20.1 Å². The van der Waals surface area contributed by atoms with E-state index in [1.165, 1.54) is 0 Å². The summed E-state index contributed by atoms with van der Waals surface area (Å²) in [7, 11) is 2.05. The molecule has 1 aliphatic heterocycles. The molecule has 9 heteroatoms. The van der Waals surface area contributed by atoms with Crippen LogP contribution in [0.3, 0.4) is 0 Å². The monoisotopic (exact) mass is 356 g/mol. The maximum Gasteiger partial charge on any atom is 0.230 e. The summed E-state index contributed by atoms with van der Waals surface area (Å²) in [5.74, 6) is 4.63. The Morgan fingerprint density at radius 2 is 2.04 bits per heavy atom. The predicted molar refractivity (Wildman–Crippen MR) is 93.4 cm³/mol. The fraction of sp³-hybridized carbons (Fsp3) is 0.588. The molecule has 4 rings (SSSR count). The minimum absolute atomic E-state index is 0.364. The van der Waals surface area contributed by atoms with Crippen molar-refractivity contribution in [2.24, 2.45) is 7.05 Å². The molecule has 1 saturated heterocycles. The average molecular weight is 356 g/mol. The van der Waals surface area contributed by atoms with Gasteiger partial charge in [-0.2, -0.15) is 0 Å². The van der Waals surface area contributed by atoms with Gasteiger partial charge < -0.3 is 13.6 Å². The van der Waals surface area contributed by atoms with E-state index >= 15 is 0 Å². The third kappa shape index (κ3) is 3.39. The molecule has 4 heterocycles. The summed E-state index contributed by atoms with van der Waals surface area (Å²) in [5, 5.41) is 16.9. The molecule has 0 radical (unpaired) electrons. The van der Waals surface area contributed by atoms with Gasteiger partial charge in [-0.1, -0.05) is 0 Å². The van der Waals surface area contributed by atoms with Gasteiger partial charge in [0, 0.05) is 38.8 Å². The molecule has 0 N–H and O–H groups in total. The molecule has 138 valence electrons. The van der Waals surface area contributed by atoms with Crippen LogP contribution in [0.4, 0.5) is 0 Å². The molecule has 9 nitrogen and oxygen atoms in total. The fourth-order valence-corrected chi connectivity index (χ4v) is 3.59. The lowest BCUT2D eigenvalue weighted by atomic mass is 9.97. The van der Waals surface area contributed by atoms with Gasteiger partial charge in [-0.3, -0.25) is 4.90 Å². The number of likely N-dealkylation sites (tertiary alicyclic amines) is 1. The minimum atomic E-state index is 0.364. The molecule has 3 aromatic heterocycles. The average Bonchev–Trinajstić information content (AvgIpc) is 3.31. The summed E-state index contributed by atoms with van der Waals surface area (Å²) in [4.78, 5) is 6.63. The Hall–Kier alpha value is -2.55. The van der Waals surface area contributed by atoms with Crippen molar-refractivity contribution in [2.75, 3.05) is 13.1 Å². The Balaban J connectivity index is 1.46. The van der Waals surface area contributed by atoms with E-state index in [0.717, 1.165) is 43.4 Å². The first-order valence-corrected chi connectivity index (χ1v) is 8.97. The van der Waals surface area contributed by atoms with Crippen LogP contribution in [0.25, 0.3) is 0 Å². The predicted octanol–water partition coefficient (Wildman–Crippen LogP) is 1.44. The van der Waals surface area contributed by atoms with E-state index < -0.39 is 0 Å². The van der Waals surface area contributed by atoms with E-state index in [4.69, 9.17) is 4.42 Å². The highest BCUT2D eigenvalue weighted by molar-refractivity contribution is 5.05.